The lowest BCUT2D eigenvalue weighted by Crippen LogP contribution is -2.65. The Morgan fingerprint density at radius 2 is 0.844 bits per heavy atom. The van der Waals surface area contributed by atoms with Crippen molar-refractivity contribution >= 4 is 41.6 Å². The van der Waals surface area contributed by atoms with Gasteiger partial charge in [0.15, 0.2) is 43.1 Å². The summed E-state index contributed by atoms with van der Waals surface area (Å²) in [4.78, 5) is 72.0. The molecule has 0 N–H and O–H groups in total. The lowest BCUT2D eigenvalue weighted by Gasteiger charge is -2.49. The molecule has 3 heterocycles. The van der Waals surface area contributed by atoms with Crippen LogP contribution in [0.3, 0.4) is 0 Å². The van der Waals surface area contributed by atoms with Crippen molar-refractivity contribution in [2.45, 2.75) is 78.7 Å². The zero-order chi connectivity index (χ0) is 53.1. The minimum absolute atomic E-state index is 0.0820. The Kier molecular flexibility index (Phi) is 16.9. The van der Waals surface area contributed by atoms with Crippen molar-refractivity contribution in [2.24, 2.45) is 0 Å². The van der Waals surface area contributed by atoms with Crippen LogP contribution in [0, 0.1) is 6.92 Å². The third-order valence-corrected chi connectivity index (χ3v) is 14.1. The Labute approximate surface area is 448 Å². The van der Waals surface area contributed by atoms with Gasteiger partial charge in [-0.3, -0.25) is 0 Å². The van der Waals surface area contributed by atoms with Gasteiger partial charge < -0.3 is 47.4 Å². The Hall–Kier alpha value is -7.96. The first-order valence-electron chi connectivity index (χ1n) is 24.9. The second-order valence-electron chi connectivity index (χ2n) is 18.2. The van der Waals surface area contributed by atoms with Crippen LogP contribution in [0.2, 0.25) is 0 Å². The van der Waals surface area contributed by atoms with E-state index in [1.54, 1.807) is 152 Å². The van der Waals surface area contributed by atoms with Gasteiger partial charge in [0, 0.05) is 10.5 Å². The van der Waals surface area contributed by atoms with Crippen molar-refractivity contribution < 1.29 is 71.3 Å². The van der Waals surface area contributed by atoms with Gasteiger partial charge in [-0.25, -0.2) is 24.0 Å². The fourth-order valence-corrected chi connectivity index (χ4v) is 10.1. The number of esters is 5. The molecule has 0 unspecified atom stereocenters. The minimum atomic E-state index is -1.57. The third-order valence-electron chi connectivity index (χ3n) is 12.9. The Balaban J connectivity index is 1.05. The van der Waals surface area contributed by atoms with Crippen molar-refractivity contribution in [3.05, 3.63) is 245 Å². The average Bonchev–Trinajstić information content (AvgIpc) is 3.48. The number of hydrogen-bond acceptors (Lipinski definition) is 16. The van der Waals surface area contributed by atoms with Crippen LogP contribution >= 0.6 is 11.8 Å². The second-order valence-corrected chi connectivity index (χ2v) is 19.4. The number of thioether (sulfide) groups is 1. The maximum absolute atomic E-state index is 14.4. The van der Waals surface area contributed by atoms with Gasteiger partial charge in [-0.2, -0.15) is 0 Å². The summed E-state index contributed by atoms with van der Waals surface area (Å²) < 4.78 is 64.9. The minimum Gasteiger partial charge on any atom is -0.452 e. The molecule has 0 aliphatic carbocycles. The van der Waals surface area contributed by atoms with Crippen molar-refractivity contribution in [3.8, 4) is 0 Å². The summed E-state index contributed by atoms with van der Waals surface area (Å²) >= 11 is 1.17. The van der Waals surface area contributed by atoms with Crippen LogP contribution < -0.4 is 0 Å². The summed E-state index contributed by atoms with van der Waals surface area (Å²) in [6, 6.07) is 57.8. The number of hydrogen-bond donors (Lipinski definition) is 0. The molecule has 392 valence electrons. The molecule has 15 nitrogen and oxygen atoms in total. The summed E-state index contributed by atoms with van der Waals surface area (Å²) in [6.07, 6.45) is -13.4. The SMILES string of the molecule is Cc1ccc(S[C@@H]2O[C@H](CO[C@@H]3O[C@@H]4CO[C@H](c5ccccc5)O[C@@H]4[C@H](OC(=O)c4ccccc4)[C@H]3OC(=O)c3ccccc3)[C@@H](OC(=O)c3ccccc3)[C@H](OC(=O)c3ccccc3)[C@H]2OC(=O)c2ccccc2)cc1. The molecule has 16 heteroatoms. The third kappa shape index (κ3) is 12.8. The molecule has 3 saturated heterocycles. The van der Waals surface area contributed by atoms with Gasteiger partial charge in [0.05, 0.1) is 41.0 Å². The molecular weight excluding hydrogens is 1000 g/mol. The molecule has 10 rings (SSSR count). The largest absolute Gasteiger partial charge is 0.452 e. The van der Waals surface area contributed by atoms with E-state index in [1.165, 1.54) is 11.8 Å². The van der Waals surface area contributed by atoms with Crippen LogP contribution in [0.4, 0.5) is 0 Å². The summed E-state index contributed by atoms with van der Waals surface area (Å²) in [5.74, 6) is -3.96. The maximum atomic E-state index is 14.4. The average molecular weight is 1060 g/mol. The highest BCUT2D eigenvalue weighted by Gasteiger charge is 2.57. The number of benzene rings is 7. The lowest BCUT2D eigenvalue weighted by atomic mass is 9.96. The summed E-state index contributed by atoms with van der Waals surface area (Å²) in [7, 11) is 0. The molecule has 3 aliphatic rings. The molecule has 0 spiro atoms. The molecule has 11 atom stereocenters. The first-order chi connectivity index (χ1) is 37.6. The van der Waals surface area contributed by atoms with E-state index in [1.807, 2.05) is 61.5 Å². The van der Waals surface area contributed by atoms with E-state index in [-0.39, 0.29) is 34.4 Å². The summed E-state index contributed by atoms with van der Waals surface area (Å²) in [5, 5.41) is 0. The van der Waals surface area contributed by atoms with Crippen LogP contribution in [0.25, 0.3) is 0 Å². The molecule has 0 saturated carbocycles. The summed E-state index contributed by atoms with van der Waals surface area (Å²) in [5.41, 5.74) is 1.38. The van der Waals surface area contributed by atoms with Gasteiger partial charge in [0.1, 0.15) is 23.7 Å². The van der Waals surface area contributed by atoms with Gasteiger partial charge in [-0.15, -0.1) is 0 Å². The maximum Gasteiger partial charge on any atom is 0.338 e. The number of aryl methyl sites for hydroxylation is 1. The molecule has 7 aromatic rings. The smallest absolute Gasteiger partial charge is 0.338 e. The fourth-order valence-electron chi connectivity index (χ4n) is 9.00. The number of ether oxygens (including phenoxy) is 10. The molecule has 3 aliphatic heterocycles. The quantitative estimate of drug-likeness (QED) is 0.0659. The van der Waals surface area contributed by atoms with Gasteiger partial charge in [0.25, 0.3) is 0 Å². The first-order valence-corrected chi connectivity index (χ1v) is 25.8. The summed E-state index contributed by atoms with van der Waals surface area (Å²) in [6.45, 7) is 1.33. The van der Waals surface area contributed by atoms with Crippen molar-refractivity contribution in [2.75, 3.05) is 13.2 Å². The highest BCUT2D eigenvalue weighted by molar-refractivity contribution is 7.99. The van der Waals surface area contributed by atoms with E-state index in [9.17, 15) is 24.0 Å². The molecule has 0 radical (unpaired) electrons. The van der Waals surface area contributed by atoms with Gasteiger partial charge in [-0.05, 0) is 79.7 Å². The lowest BCUT2D eigenvalue weighted by molar-refractivity contribution is -0.363. The van der Waals surface area contributed by atoms with E-state index >= 15 is 0 Å². The van der Waals surface area contributed by atoms with Crippen molar-refractivity contribution in [1.82, 2.24) is 0 Å². The second kappa shape index (κ2) is 24.8. The van der Waals surface area contributed by atoms with Crippen molar-refractivity contribution in [3.63, 3.8) is 0 Å². The molecule has 0 amide bonds. The zero-order valence-electron chi connectivity index (χ0n) is 41.4. The molecule has 0 aromatic heterocycles. The standard InChI is InChI=1S/C61H52O15S/c1-38-32-34-45(35-33-38)77-61-53(75-58(66)43-28-16-6-17-29-43)51(73-56(64)41-24-12-4-13-25-41)48(71-54(62)39-20-8-2-9-21-39)47(70-61)37-68-60-52(74-57(65)42-26-14-5-15-27-42)50(72-55(63)40-22-10-3-11-23-40)49-46(69-60)36-67-59(76-49)44-30-18-7-19-31-44/h2-35,46-53,59-61H,36-37H2,1H3/t46-,47-,48-,49+,50+,51+,52-,53-,59+,60-,61+/m1/s1. The highest BCUT2D eigenvalue weighted by atomic mass is 32.2. The number of carbonyl (C=O) groups excluding carboxylic acids is 5. The van der Waals surface area contributed by atoms with Gasteiger partial charge in [-0.1, -0.05) is 151 Å². The molecule has 7 aromatic carbocycles. The van der Waals surface area contributed by atoms with Crippen molar-refractivity contribution in [1.29, 1.82) is 0 Å². The van der Waals surface area contributed by atoms with Crippen LogP contribution in [-0.2, 0) is 47.4 Å². The molecule has 0 bridgehead atoms. The number of fused-ring (bicyclic) bond motifs is 1. The zero-order valence-corrected chi connectivity index (χ0v) is 42.2. The van der Waals surface area contributed by atoms with E-state index in [4.69, 9.17) is 47.4 Å². The Morgan fingerprint density at radius 1 is 0.442 bits per heavy atom. The predicted molar refractivity (Wildman–Crippen MR) is 279 cm³/mol. The van der Waals surface area contributed by atoms with Crippen LogP contribution in [-0.4, -0.2) is 104 Å². The molecular formula is C61H52O15S. The van der Waals surface area contributed by atoms with Gasteiger partial charge in [0.2, 0.25) is 0 Å². The van der Waals surface area contributed by atoms with Crippen LogP contribution in [0.1, 0.15) is 69.2 Å². The molecule has 77 heavy (non-hydrogen) atoms. The van der Waals surface area contributed by atoms with E-state index in [0.717, 1.165) is 5.56 Å². The first kappa shape index (κ1) is 52.5. The monoisotopic (exact) mass is 1060 g/mol. The number of carbonyl (C=O) groups is 5. The van der Waals surface area contributed by atoms with Crippen LogP contribution in [0.15, 0.2) is 211 Å². The van der Waals surface area contributed by atoms with E-state index in [2.05, 4.69) is 0 Å². The van der Waals surface area contributed by atoms with E-state index in [0.29, 0.717) is 10.5 Å². The van der Waals surface area contributed by atoms with Crippen LogP contribution in [0.5, 0.6) is 0 Å². The molecule has 3 fully saturated rings. The number of rotatable bonds is 16. The predicted octanol–water partition coefficient (Wildman–Crippen LogP) is 9.80. The fraction of sp³-hybridized carbons (Fsp3) is 0.230. The normalized spacial score (nSPS) is 24.7. The Morgan fingerprint density at radius 3 is 1.31 bits per heavy atom. The van der Waals surface area contributed by atoms with Gasteiger partial charge >= 0.3 is 29.8 Å². The highest BCUT2D eigenvalue weighted by Crippen LogP contribution is 2.41. The Bertz CT molecular complexity index is 3080. The topological polar surface area (TPSA) is 178 Å². The van der Waals surface area contributed by atoms with E-state index < -0.39 is 103 Å².